The lowest BCUT2D eigenvalue weighted by Crippen LogP contribution is -2.36. The molecule has 0 aliphatic carbocycles. The Balaban J connectivity index is 1.42. The molecule has 0 N–H and O–H groups in total. The number of fused-ring (bicyclic) bond motifs is 1. The van der Waals surface area contributed by atoms with Crippen LogP contribution in [0.4, 0.5) is 11.4 Å². The largest absolute Gasteiger partial charge is 0.378 e. The monoisotopic (exact) mass is 431 g/mol. The van der Waals surface area contributed by atoms with Crippen molar-refractivity contribution in [2.75, 3.05) is 31.2 Å². The molecule has 2 aromatic carbocycles. The molecule has 4 aromatic rings. The Labute approximate surface area is 185 Å². The molecule has 6 nitrogen and oxygen atoms in total. The second kappa shape index (κ2) is 8.49. The Morgan fingerprint density at radius 3 is 2.48 bits per heavy atom. The lowest BCUT2D eigenvalue weighted by molar-refractivity contribution is 0.122. The molecule has 5 rings (SSSR count). The van der Waals surface area contributed by atoms with E-state index < -0.39 is 0 Å². The molecule has 2 aromatic heterocycles. The number of para-hydroxylation sites is 1. The van der Waals surface area contributed by atoms with E-state index in [1.807, 2.05) is 60.1 Å². The Morgan fingerprint density at radius 2 is 1.74 bits per heavy atom. The van der Waals surface area contributed by atoms with Crippen molar-refractivity contribution in [3.8, 4) is 5.69 Å². The highest BCUT2D eigenvalue weighted by Gasteiger charge is 2.14. The topological polar surface area (TPSA) is 55.5 Å². The number of morpholine rings is 1. The summed E-state index contributed by atoms with van der Waals surface area (Å²) in [6, 6.07) is 20.1. The maximum absolute atomic E-state index is 6.50. The van der Waals surface area contributed by atoms with Crippen LogP contribution >= 0.6 is 11.6 Å². The van der Waals surface area contributed by atoms with Gasteiger partial charge in [0, 0.05) is 35.9 Å². The van der Waals surface area contributed by atoms with E-state index in [1.165, 1.54) is 5.69 Å². The van der Waals surface area contributed by atoms with Gasteiger partial charge in [-0.15, -0.1) is 0 Å². The highest BCUT2D eigenvalue weighted by atomic mass is 35.5. The summed E-state index contributed by atoms with van der Waals surface area (Å²) in [5.41, 5.74) is 5.40. The fourth-order valence-corrected chi connectivity index (χ4v) is 3.91. The zero-order valence-electron chi connectivity index (χ0n) is 17.2. The fourth-order valence-electron chi connectivity index (χ4n) is 3.73. The molecule has 7 heteroatoms. The van der Waals surface area contributed by atoms with Crippen LogP contribution in [0, 0.1) is 6.92 Å². The summed E-state index contributed by atoms with van der Waals surface area (Å²) in [5.74, 6) is 0. The maximum atomic E-state index is 6.50. The second-order valence-corrected chi connectivity index (χ2v) is 7.80. The number of hydrogen-bond donors (Lipinski definition) is 0. The minimum Gasteiger partial charge on any atom is -0.378 e. The van der Waals surface area contributed by atoms with Crippen LogP contribution in [0.25, 0.3) is 16.7 Å². The van der Waals surface area contributed by atoms with Crippen LogP contribution in [0.3, 0.4) is 0 Å². The van der Waals surface area contributed by atoms with Gasteiger partial charge in [-0.05, 0) is 49.4 Å². The molecule has 0 spiro atoms. The molecule has 156 valence electrons. The van der Waals surface area contributed by atoms with Crippen LogP contribution < -0.4 is 4.90 Å². The summed E-state index contributed by atoms with van der Waals surface area (Å²) in [6.07, 6.45) is 1.76. The summed E-state index contributed by atoms with van der Waals surface area (Å²) in [7, 11) is 0. The zero-order chi connectivity index (χ0) is 21.2. The Morgan fingerprint density at radius 1 is 1.00 bits per heavy atom. The zero-order valence-corrected chi connectivity index (χ0v) is 18.0. The van der Waals surface area contributed by atoms with Crippen molar-refractivity contribution in [2.45, 2.75) is 6.92 Å². The molecule has 0 bridgehead atoms. The highest BCUT2D eigenvalue weighted by molar-refractivity contribution is 6.32. The highest BCUT2D eigenvalue weighted by Crippen LogP contribution is 2.26. The first-order valence-corrected chi connectivity index (χ1v) is 10.6. The van der Waals surface area contributed by atoms with Crippen LogP contribution in [-0.4, -0.2) is 47.3 Å². The smallest absolute Gasteiger partial charge is 0.164 e. The number of rotatable bonds is 4. The van der Waals surface area contributed by atoms with Gasteiger partial charge in [-0.25, -0.2) is 9.67 Å². The number of pyridine rings is 1. The third-order valence-corrected chi connectivity index (χ3v) is 5.71. The van der Waals surface area contributed by atoms with Gasteiger partial charge in [-0.1, -0.05) is 29.8 Å². The van der Waals surface area contributed by atoms with E-state index in [4.69, 9.17) is 16.3 Å². The summed E-state index contributed by atoms with van der Waals surface area (Å²) in [4.78, 5) is 11.5. The van der Waals surface area contributed by atoms with Crippen LogP contribution in [0.2, 0.25) is 5.15 Å². The average Bonchev–Trinajstić information content (AvgIpc) is 3.14. The molecule has 0 unspecified atom stereocenters. The van der Waals surface area contributed by atoms with E-state index in [0.29, 0.717) is 5.15 Å². The number of ether oxygens (including phenoxy) is 1. The summed E-state index contributed by atoms with van der Waals surface area (Å²) in [5, 5.41) is 6.01. The lowest BCUT2D eigenvalue weighted by Gasteiger charge is -2.28. The van der Waals surface area contributed by atoms with Crippen LogP contribution in [0.5, 0.6) is 0 Å². The van der Waals surface area contributed by atoms with Crippen molar-refractivity contribution in [1.82, 2.24) is 14.8 Å². The van der Waals surface area contributed by atoms with Crippen molar-refractivity contribution < 1.29 is 4.74 Å². The maximum Gasteiger partial charge on any atom is 0.164 e. The molecule has 1 saturated heterocycles. The van der Waals surface area contributed by atoms with Gasteiger partial charge < -0.3 is 9.64 Å². The van der Waals surface area contributed by atoms with E-state index in [2.05, 4.69) is 32.1 Å². The standard InChI is InChI=1S/C24H22ClN5O/c1-17-22-15-18(23(25)27-24(22)30(28-17)21-5-3-2-4-6-21)16-26-19-7-9-20(10-8-19)29-11-13-31-14-12-29/h2-10,15-16H,11-14H2,1H3. The Bertz CT molecular complexity index is 1230. The summed E-state index contributed by atoms with van der Waals surface area (Å²) in [6.45, 7) is 5.35. The van der Waals surface area contributed by atoms with Crippen LogP contribution in [0.1, 0.15) is 11.3 Å². The number of nitrogens with zero attached hydrogens (tertiary/aromatic N) is 5. The molecular weight excluding hydrogens is 410 g/mol. The second-order valence-electron chi connectivity index (χ2n) is 7.45. The van der Waals surface area contributed by atoms with Gasteiger partial charge in [0.05, 0.1) is 30.3 Å². The molecule has 1 aliphatic rings. The van der Waals surface area contributed by atoms with E-state index >= 15 is 0 Å². The third kappa shape index (κ3) is 4.04. The number of hydrogen-bond acceptors (Lipinski definition) is 5. The van der Waals surface area contributed by atoms with Gasteiger partial charge in [0.25, 0.3) is 0 Å². The van der Waals surface area contributed by atoms with Gasteiger partial charge in [-0.2, -0.15) is 5.10 Å². The first kappa shape index (κ1) is 19.7. The first-order valence-electron chi connectivity index (χ1n) is 10.3. The fraction of sp³-hybridized carbons (Fsp3) is 0.208. The van der Waals surface area contributed by atoms with Gasteiger partial charge >= 0.3 is 0 Å². The van der Waals surface area contributed by atoms with Crippen molar-refractivity contribution in [1.29, 1.82) is 0 Å². The third-order valence-electron chi connectivity index (χ3n) is 5.40. The molecule has 31 heavy (non-hydrogen) atoms. The number of aryl methyl sites for hydroxylation is 1. The lowest BCUT2D eigenvalue weighted by atomic mass is 10.2. The van der Waals surface area contributed by atoms with E-state index in [-0.39, 0.29) is 0 Å². The van der Waals surface area contributed by atoms with Gasteiger partial charge in [0.15, 0.2) is 5.65 Å². The number of aromatic nitrogens is 3. The number of benzene rings is 2. The van der Waals surface area contributed by atoms with Crippen LogP contribution in [0.15, 0.2) is 65.7 Å². The van der Waals surface area contributed by atoms with Crippen molar-refractivity contribution >= 4 is 40.2 Å². The predicted molar refractivity (Wildman–Crippen MR) is 125 cm³/mol. The summed E-state index contributed by atoms with van der Waals surface area (Å²) < 4.78 is 7.24. The average molecular weight is 432 g/mol. The minimum atomic E-state index is 0.401. The molecule has 1 fully saturated rings. The normalized spacial score (nSPS) is 14.6. The SMILES string of the molecule is Cc1nn(-c2ccccc2)c2nc(Cl)c(C=Nc3ccc(N4CCOCC4)cc3)cc12. The molecule has 1 aliphatic heterocycles. The predicted octanol–water partition coefficient (Wildman–Crippen LogP) is 4.97. The molecule has 0 atom stereocenters. The molecule has 0 amide bonds. The summed E-state index contributed by atoms with van der Waals surface area (Å²) >= 11 is 6.50. The van der Waals surface area contributed by atoms with Gasteiger partial charge in [0.2, 0.25) is 0 Å². The van der Waals surface area contributed by atoms with E-state index in [0.717, 1.165) is 60.0 Å². The van der Waals surface area contributed by atoms with E-state index in [9.17, 15) is 0 Å². The number of aliphatic imine (C=N–C) groups is 1. The number of anilines is 1. The van der Waals surface area contributed by atoms with Crippen LogP contribution in [-0.2, 0) is 4.74 Å². The molecule has 0 saturated carbocycles. The number of halogens is 1. The van der Waals surface area contributed by atoms with E-state index in [1.54, 1.807) is 6.21 Å². The van der Waals surface area contributed by atoms with Crippen molar-refractivity contribution in [2.24, 2.45) is 4.99 Å². The van der Waals surface area contributed by atoms with Gasteiger partial charge in [-0.3, -0.25) is 4.99 Å². The van der Waals surface area contributed by atoms with Crippen molar-refractivity contribution in [3.05, 3.63) is 77.1 Å². The Kier molecular flexibility index (Phi) is 5.40. The molecule has 3 heterocycles. The Hall–Kier alpha value is -3.22. The first-order chi connectivity index (χ1) is 15.2. The minimum absolute atomic E-state index is 0.401. The van der Waals surface area contributed by atoms with Gasteiger partial charge in [0.1, 0.15) is 5.15 Å². The molecule has 0 radical (unpaired) electrons. The molecular formula is C24H22ClN5O. The quantitative estimate of drug-likeness (QED) is 0.338. The van der Waals surface area contributed by atoms with Crippen molar-refractivity contribution in [3.63, 3.8) is 0 Å².